The van der Waals surface area contributed by atoms with Gasteiger partial charge in [0.25, 0.3) is 0 Å². The van der Waals surface area contributed by atoms with Crippen molar-refractivity contribution >= 4 is 5.91 Å². The van der Waals surface area contributed by atoms with Gasteiger partial charge in [0.1, 0.15) is 6.61 Å². The van der Waals surface area contributed by atoms with Crippen molar-refractivity contribution in [1.82, 2.24) is 5.32 Å². The van der Waals surface area contributed by atoms with Crippen molar-refractivity contribution in [2.45, 2.75) is 58.2 Å². The smallest absolute Gasteiger partial charge is 0.246 e. The zero-order valence-corrected chi connectivity index (χ0v) is 11.2. The minimum Gasteiger partial charge on any atom is -0.393 e. The first-order valence-electron chi connectivity index (χ1n) is 6.45. The Kier molecular flexibility index (Phi) is 5.40. The first-order chi connectivity index (χ1) is 7.87. The molecule has 4 heteroatoms. The summed E-state index contributed by atoms with van der Waals surface area (Å²) in [5, 5.41) is 12.4. The van der Waals surface area contributed by atoms with E-state index in [9.17, 15) is 9.90 Å². The molecule has 0 bridgehead atoms. The summed E-state index contributed by atoms with van der Waals surface area (Å²) in [5.74, 6) is 0.345. The van der Waals surface area contributed by atoms with Crippen LogP contribution in [0, 0.1) is 5.92 Å². The van der Waals surface area contributed by atoms with E-state index in [4.69, 9.17) is 4.74 Å². The number of nitrogens with one attached hydrogen (secondary N) is 1. The fraction of sp³-hybridized carbons (Fsp3) is 0.923. The third-order valence-electron chi connectivity index (χ3n) is 2.98. The van der Waals surface area contributed by atoms with Crippen LogP contribution in [0.25, 0.3) is 0 Å². The summed E-state index contributed by atoms with van der Waals surface area (Å²) in [6.07, 6.45) is 3.67. The average molecular weight is 243 g/mol. The topological polar surface area (TPSA) is 58.6 Å². The standard InChI is InChI=1S/C13H25NO3/c1-13(2,3)17-9-12(16)14-8-10-5-4-6-11(15)7-10/h10-11,15H,4-9H2,1-3H3,(H,14,16). The number of carbonyl (C=O) groups is 1. The Morgan fingerprint density at radius 2 is 2.12 bits per heavy atom. The van der Waals surface area contributed by atoms with E-state index in [1.54, 1.807) is 0 Å². The molecule has 2 N–H and O–H groups in total. The molecule has 4 nitrogen and oxygen atoms in total. The molecule has 0 aliphatic heterocycles. The van der Waals surface area contributed by atoms with E-state index >= 15 is 0 Å². The molecule has 1 amide bonds. The van der Waals surface area contributed by atoms with Crippen molar-refractivity contribution in [2.75, 3.05) is 13.2 Å². The molecule has 0 spiro atoms. The number of hydrogen-bond donors (Lipinski definition) is 2. The normalized spacial score (nSPS) is 25.6. The third kappa shape index (κ3) is 6.64. The van der Waals surface area contributed by atoms with Crippen LogP contribution in [0.5, 0.6) is 0 Å². The first-order valence-corrected chi connectivity index (χ1v) is 6.45. The fourth-order valence-electron chi connectivity index (χ4n) is 2.04. The highest BCUT2D eigenvalue weighted by Gasteiger charge is 2.20. The van der Waals surface area contributed by atoms with Crippen molar-refractivity contribution in [3.05, 3.63) is 0 Å². The van der Waals surface area contributed by atoms with Gasteiger partial charge >= 0.3 is 0 Å². The number of hydrogen-bond acceptors (Lipinski definition) is 3. The summed E-state index contributed by atoms with van der Waals surface area (Å²) >= 11 is 0. The van der Waals surface area contributed by atoms with E-state index in [-0.39, 0.29) is 24.2 Å². The lowest BCUT2D eigenvalue weighted by Gasteiger charge is -2.26. The molecule has 0 aromatic carbocycles. The minimum absolute atomic E-state index is 0.0695. The van der Waals surface area contributed by atoms with Gasteiger partial charge in [0.2, 0.25) is 5.91 Å². The summed E-state index contributed by atoms with van der Waals surface area (Å²) in [4.78, 5) is 11.5. The molecule has 2 atom stereocenters. The van der Waals surface area contributed by atoms with Crippen LogP contribution < -0.4 is 5.32 Å². The number of aliphatic hydroxyl groups excluding tert-OH is 1. The van der Waals surface area contributed by atoms with Crippen LogP contribution in [-0.2, 0) is 9.53 Å². The quantitative estimate of drug-likeness (QED) is 0.786. The van der Waals surface area contributed by atoms with Crippen LogP contribution in [-0.4, -0.2) is 35.9 Å². The van der Waals surface area contributed by atoms with Gasteiger partial charge in [-0.3, -0.25) is 4.79 Å². The van der Waals surface area contributed by atoms with Crippen molar-refractivity contribution < 1.29 is 14.6 Å². The van der Waals surface area contributed by atoms with Gasteiger partial charge in [0, 0.05) is 6.54 Å². The van der Waals surface area contributed by atoms with E-state index in [0.29, 0.717) is 12.5 Å². The maximum absolute atomic E-state index is 11.5. The predicted octanol–water partition coefficient (Wildman–Crippen LogP) is 1.47. The summed E-state index contributed by atoms with van der Waals surface area (Å²) in [5.41, 5.74) is -0.279. The summed E-state index contributed by atoms with van der Waals surface area (Å²) in [6.45, 7) is 6.55. The second-order valence-corrected chi connectivity index (χ2v) is 5.89. The number of ether oxygens (including phenoxy) is 1. The van der Waals surface area contributed by atoms with Crippen LogP contribution in [0.4, 0.5) is 0 Å². The Morgan fingerprint density at radius 3 is 2.71 bits per heavy atom. The molecule has 1 aliphatic rings. The molecule has 2 unspecified atom stereocenters. The van der Waals surface area contributed by atoms with Gasteiger partial charge in [-0.1, -0.05) is 6.42 Å². The maximum atomic E-state index is 11.5. The molecule has 0 saturated heterocycles. The summed E-state index contributed by atoms with van der Waals surface area (Å²) < 4.78 is 5.39. The van der Waals surface area contributed by atoms with Gasteiger partial charge < -0.3 is 15.2 Å². The van der Waals surface area contributed by atoms with Gasteiger partial charge in [-0.15, -0.1) is 0 Å². The Hall–Kier alpha value is -0.610. The molecule has 100 valence electrons. The molecule has 0 radical (unpaired) electrons. The van der Waals surface area contributed by atoms with Gasteiger partial charge in [0.15, 0.2) is 0 Å². The second-order valence-electron chi connectivity index (χ2n) is 5.89. The lowest BCUT2D eigenvalue weighted by atomic mass is 9.87. The molecule has 0 heterocycles. The van der Waals surface area contributed by atoms with E-state index in [1.807, 2.05) is 20.8 Å². The Balaban J connectivity index is 2.15. The van der Waals surface area contributed by atoms with E-state index in [0.717, 1.165) is 25.7 Å². The molecule has 1 aliphatic carbocycles. The molecule has 1 rings (SSSR count). The second kappa shape index (κ2) is 6.36. The van der Waals surface area contributed by atoms with Crippen LogP contribution in [0.1, 0.15) is 46.5 Å². The largest absolute Gasteiger partial charge is 0.393 e. The number of carbonyl (C=O) groups excluding carboxylic acids is 1. The van der Waals surface area contributed by atoms with Crippen molar-refractivity contribution in [3.8, 4) is 0 Å². The Bertz CT molecular complexity index is 248. The molecule has 0 aromatic heterocycles. The van der Waals surface area contributed by atoms with Crippen LogP contribution in [0.2, 0.25) is 0 Å². The Morgan fingerprint density at radius 1 is 1.41 bits per heavy atom. The zero-order chi connectivity index (χ0) is 12.9. The number of aliphatic hydroxyl groups is 1. The van der Waals surface area contributed by atoms with Crippen molar-refractivity contribution in [1.29, 1.82) is 0 Å². The van der Waals surface area contributed by atoms with Gasteiger partial charge in [-0.05, 0) is 46.0 Å². The third-order valence-corrected chi connectivity index (χ3v) is 2.98. The lowest BCUT2D eigenvalue weighted by Crippen LogP contribution is -2.36. The van der Waals surface area contributed by atoms with Gasteiger partial charge in [0.05, 0.1) is 11.7 Å². The van der Waals surface area contributed by atoms with Crippen LogP contribution >= 0.6 is 0 Å². The van der Waals surface area contributed by atoms with Gasteiger partial charge in [-0.2, -0.15) is 0 Å². The fourth-order valence-corrected chi connectivity index (χ4v) is 2.04. The van der Waals surface area contributed by atoms with Crippen molar-refractivity contribution in [3.63, 3.8) is 0 Å². The van der Waals surface area contributed by atoms with Crippen LogP contribution in [0.15, 0.2) is 0 Å². The molecule has 1 saturated carbocycles. The molecular weight excluding hydrogens is 218 g/mol. The lowest BCUT2D eigenvalue weighted by molar-refractivity contribution is -0.130. The molecular formula is C13H25NO3. The highest BCUT2D eigenvalue weighted by Crippen LogP contribution is 2.23. The molecule has 17 heavy (non-hydrogen) atoms. The van der Waals surface area contributed by atoms with E-state index in [1.165, 1.54) is 0 Å². The summed E-state index contributed by atoms with van der Waals surface area (Å²) in [6, 6.07) is 0. The van der Waals surface area contributed by atoms with Gasteiger partial charge in [-0.25, -0.2) is 0 Å². The SMILES string of the molecule is CC(C)(C)OCC(=O)NCC1CCCC(O)C1. The van der Waals surface area contributed by atoms with Crippen LogP contribution in [0.3, 0.4) is 0 Å². The predicted molar refractivity (Wildman–Crippen MR) is 66.7 cm³/mol. The number of rotatable bonds is 4. The monoisotopic (exact) mass is 243 g/mol. The molecule has 1 fully saturated rings. The highest BCUT2D eigenvalue weighted by molar-refractivity contribution is 5.77. The number of amides is 1. The van der Waals surface area contributed by atoms with E-state index in [2.05, 4.69) is 5.32 Å². The van der Waals surface area contributed by atoms with E-state index < -0.39 is 0 Å². The zero-order valence-electron chi connectivity index (χ0n) is 11.2. The summed E-state index contributed by atoms with van der Waals surface area (Å²) in [7, 11) is 0. The highest BCUT2D eigenvalue weighted by atomic mass is 16.5. The average Bonchev–Trinajstić information content (AvgIpc) is 2.23. The Labute approximate surface area is 104 Å². The maximum Gasteiger partial charge on any atom is 0.246 e. The van der Waals surface area contributed by atoms with Crippen molar-refractivity contribution in [2.24, 2.45) is 5.92 Å². The minimum atomic E-state index is -0.279. The first kappa shape index (κ1) is 14.5. The molecule has 0 aromatic rings.